The molecule has 31 heavy (non-hydrogen) atoms. The molecule has 2 fully saturated rings. The number of nitrogens with zero attached hydrogens (tertiary/aromatic N) is 4. The molecule has 2 atom stereocenters. The molecule has 0 radical (unpaired) electrons. The second-order valence-electron chi connectivity index (χ2n) is 7.42. The van der Waals surface area contributed by atoms with Crippen LogP contribution in [0.2, 0.25) is 5.02 Å². The van der Waals surface area contributed by atoms with E-state index in [1.807, 2.05) is 0 Å². The van der Waals surface area contributed by atoms with Crippen LogP contribution >= 0.6 is 11.6 Å². The summed E-state index contributed by atoms with van der Waals surface area (Å²) in [5.74, 6) is 0.832. The first-order chi connectivity index (χ1) is 14.7. The number of alkyl halides is 3. The van der Waals surface area contributed by atoms with Crippen LogP contribution in [0.3, 0.4) is 0 Å². The number of cyclic esters (lactones) is 1. The van der Waals surface area contributed by atoms with Gasteiger partial charge in [0.2, 0.25) is 11.8 Å². The molecule has 1 saturated carbocycles. The van der Waals surface area contributed by atoms with E-state index in [2.05, 4.69) is 25.0 Å². The number of carbonyl (C=O) groups excluding carboxylic acids is 1. The van der Waals surface area contributed by atoms with Crippen molar-refractivity contribution in [3.63, 3.8) is 0 Å². The molecule has 0 aromatic carbocycles. The average molecular weight is 458 g/mol. The normalized spacial score (nSPS) is 19.8. The maximum Gasteiger partial charge on any atom is 0.422 e. The summed E-state index contributed by atoms with van der Waals surface area (Å²) in [6.07, 6.45) is 0.0937. The van der Waals surface area contributed by atoms with Crippen LogP contribution in [0.5, 0.6) is 5.88 Å². The van der Waals surface area contributed by atoms with Crippen molar-refractivity contribution in [2.24, 2.45) is 5.92 Å². The number of hydrogen-bond acceptors (Lipinski definition) is 7. The molecular weight excluding hydrogens is 439 g/mol. The number of halogens is 4. The Bertz CT molecular complexity index is 973. The highest BCUT2D eigenvalue weighted by Gasteiger charge is 2.44. The molecule has 1 aliphatic heterocycles. The number of hydrogen-bond donors (Lipinski definition) is 1. The summed E-state index contributed by atoms with van der Waals surface area (Å²) in [6, 6.07) is 2.70. The zero-order valence-electron chi connectivity index (χ0n) is 16.4. The Morgan fingerprint density at radius 1 is 1.39 bits per heavy atom. The van der Waals surface area contributed by atoms with Crippen molar-refractivity contribution in [2.75, 3.05) is 23.4 Å². The van der Waals surface area contributed by atoms with Gasteiger partial charge in [-0.25, -0.2) is 14.8 Å². The number of anilines is 2. The van der Waals surface area contributed by atoms with Crippen molar-refractivity contribution >= 4 is 29.5 Å². The molecule has 8 nitrogen and oxygen atoms in total. The van der Waals surface area contributed by atoms with Crippen molar-refractivity contribution in [2.45, 2.75) is 38.0 Å². The quantitative estimate of drug-likeness (QED) is 0.660. The van der Waals surface area contributed by atoms with Gasteiger partial charge in [-0.15, -0.1) is 0 Å². The average Bonchev–Trinajstić information content (AvgIpc) is 3.48. The van der Waals surface area contributed by atoms with Gasteiger partial charge in [-0.05, 0) is 43.4 Å². The van der Waals surface area contributed by atoms with E-state index < -0.39 is 18.9 Å². The highest BCUT2D eigenvalue weighted by molar-refractivity contribution is 6.31. The first-order valence-corrected chi connectivity index (χ1v) is 9.99. The van der Waals surface area contributed by atoms with Crippen molar-refractivity contribution in [3.05, 3.63) is 35.1 Å². The minimum absolute atomic E-state index is 0.0278. The molecule has 1 unspecified atom stereocenters. The molecule has 2 aromatic heterocycles. The Balaban J connectivity index is 1.45. The number of rotatable bonds is 7. The number of ether oxygens (including phenoxy) is 2. The van der Waals surface area contributed by atoms with Gasteiger partial charge in [-0.1, -0.05) is 11.6 Å². The van der Waals surface area contributed by atoms with E-state index in [4.69, 9.17) is 16.3 Å². The van der Waals surface area contributed by atoms with Gasteiger partial charge in [0.1, 0.15) is 17.4 Å². The zero-order chi connectivity index (χ0) is 22.2. The van der Waals surface area contributed by atoms with Gasteiger partial charge in [0.05, 0.1) is 12.1 Å². The lowest BCUT2D eigenvalue weighted by Gasteiger charge is -2.21. The Labute approximate surface area is 180 Å². The molecule has 2 aliphatic rings. The third-order valence-electron chi connectivity index (χ3n) is 5.01. The summed E-state index contributed by atoms with van der Waals surface area (Å²) in [5.41, 5.74) is 0.592. The maximum atomic E-state index is 12.3. The van der Waals surface area contributed by atoms with Crippen molar-refractivity contribution in [1.82, 2.24) is 15.0 Å². The van der Waals surface area contributed by atoms with Gasteiger partial charge in [0.15, 0.2) is 6.61 Å². The highest BCUT2D eigenvalue weighted by atomic mass is 35.5. The first kappa shape index (κ1) is 21.4. The topological polar surface area (TPSA) is 89.5 Å². The fraction of sp³-hybridized carbons (Fsp3) is 0.474. The first-order valence-electron chi connectivity index (χ1n) is 9.62. The Hall–Kier alpha value is -2.82. The number of pyridine rings is 1. The van der Waals surface area contributed by atoms with Crippen LogP contribution in [0, 0.1) is 5.92 Å². The van der Waals surface area contributed by atoms with Crippen LogP contribution in [0.4, 0.5) is 29.7 Å². The van der Waals surface area contributed by atoms with Gasteiger partial charge in [0, 0.05) is 12.4 Å². The van der Waals surface area contributed by atoms with E-state index >= 15 is 0 Å². The fourth-order valence-corrected chi connectivity index (χ4v) is 3.52. The van der Waals surface area contributed by atoms with Gasteiger partial charge in [-0.3, -0.25) is 4.90 Å². The summed E-state index contributed by atoms with van der Waals surface area (Å²) < 4.78 is 46.7. The minimum atomic E-state index is -4.48. The molecule has 0 spiro atoms. The zero-order valence-corrected chi connectivity index (χ0v) is 17.2. The fourth-order valence-electron chi connectivity index (χ4n) is 3.29. The van der Waals surface area contributed by atoms with E-state index in [0.717, 1.165) is 12.8 Å². The lowest BCUT2D eigenvalue weighted by Crippen LogP contribution is -2.35. The van der Waals surface area contributed by atoms with Crippen LogP contribution < -0.4 is 15.0 Å². The molecule has 2 aromatic rings. The lowest BCUT2D eigenvalue weighted by atomic mass is 10.1. The molecule has 1 N–H and O–H groups in total. The third kappa shape index (κ3) is 5.09. The predicted octanol–water partition coefficient (Wildman–Crippen LogP) is 4.37. The molecular formula is C19H19ClF3N5O3. The van der Waals surface area contributed by atoms with E-state index in [1.54, 1.807) is 17.9 Å². The third-order valence-corrected chi connectivity index (χ3v) is 5.28. The van der Waals surface area contributed by atoms with Gasteiger partial charge in [0.25, 0.3) is 0 Å². The van der Waals surface area contributed by atoms with Crippen molar-refractivity contribution in [1.29, 1.82) is 0 Å². The Kier molecular flexibility index (Phi) is 5.78. The van der Waals surface area contributed by atoms with Gasteiger partial charge in [-0.2, -0.15) is 18.2 Å². The molecule has 3 heterocycles. The van der Waals surface area contributed by atoms with E-state index in [9.17, 15) is 18.0 Å². The molecule has 12 heteroatoms. The Morgan fingerprint density at radius 2 is 2.16 bits per heavy atom. The number of nitrogens with one attached hydrogen (secondary N) is 1. The molecule has 1 aliphatic carbocycles. The smallest absolute Gasteiger partial charge is 0.422 e. The molecule has 1 amide bonds. The monoisotopic (exact) mass is 457 g/mol. The van der Waals surface area contributed by atoms with Gasteiger partial charge >= 0.3 is 12.3 Å². The van der Waals surface area contributed by atoms with E-state index in [0.29, 0.717) is 23.9 Å². The summed E-state index contributed by atoms with van der Waals surface area (Å²) in [7, 11) is 0. The number of carbonyl (C=O) groups is 1. The highest BCUT2D eigenvalue weighted by Crippen LogP contribution is 2.39. The molecule has 166 valence electrons. The second-order valence-corrected chi connectivity index (χ2v) is 7.82. The van der Waals surface area contributed by atoms with Crippen molar-refractivity contribution in [3.8, 4) is 5.88 Å². The van der Waals surface area contributed by atoms with Crippen LogP contribution in [0.25, 0.3) is 0 Å². The van der Waals surface area contributed by atoms with Crippen LogP contribution in [0.15, 0.2) is 24.5 Å². The largest absolute Gasteiger partial charge is 0.467 e. The summed E-state index contributed by atoms with van der Waals surface area (Å²) in [4.78, 5) is 26.2. The summed E-state index contributed by atoms with van der Waals surface area (Å²) in [5, 5.41) is 3.03. The minimum Gasteiger partial charge on any atom is -0.467 e. The van der Waals surface area contributed by atoms with E-state index in [-0.39, 0.29) is 28.9 Å². The van der Waals surface area contributed by atoms with Crippen molar-refractivity contribution < 1.29 is 27.4 Å². The van der Waals surface area contributed by atoms with Crippen LogP contribution in [-0.4, -0.2) is 46.5 Å². The number of aromatic nitrogens is 3. The molecule has 0 bridgehead atoms. The van der Waals surface area contributed by atoms with Gasteiger partial charge < -0.3 is 14.8 Å². The number of amides is 1. The van der Waals surface area contributed by atoms with E-state index in [1.165, 1.54) is 18.5 Å². The Morgan fingerprint density at radius 3 is 2.84 bits per heavy atom. The second kappa shape index (κ2) is 8.37. The molecule has 1 saturated heterocycles. The molecule has 4 rings (SSSR count). The SMILES string of the molecule is C[C@H](Nc1nccc(N2C(=O)OCC2C2CC2)n1)c1cnc(OCC(F)(F)F)c(Cl)c1. The van der Waals surface area contributed by atoms with Crippen LogP contribution in [0.1, 0.15) is 31.4 Å². The standard InChI is InChI=1S/C19H19ClF3N5O3/c1-10(12-6-13(20)16(25-7-12)31-9-19(21,22)23)26-17-24-5-4-15(27-17)28-14(11-2-3-11)8-30-18(28)29/h4-7,10-11,14H,2-3,8-9H2,1H3,(H,24,26,27)/t10-,14?/m0/s1. The van der Waals surface area contributed by atoms with Crippen LogP contribution in [-0.2, 0) is 4.74 Å². The maximum absolute atomic E-state index is 12.3. The summed E-state index contributed by atoms with van der Waals surface area (Å²) in [6.45, 7) is 0.657. The lowest BCUT2D eigenvalue weighted by molar-refractivity contribution is -0.154. The summed E-state index contributed by atoms with van der Waals surface area (Å²) >= 11 is 6.01. The predicted molar refractivity (Wildman–Crippen MR) is 105 cm³/mol.